The SMILES string of the molecule is CCC1(CC)C(=O)NCC(=O)N1Cc1cn(C)nn1. The molecule has 7 heteroatoms. The molecule has 0 aromatic carbocycles. The number of nitrogens with zero attached hydrogens (tertiary/aromatic N) is 4. The molecule has 2 amide bonds. The Morgan fingerprint density at radius 1 is 1.37 bits per heavy atom. The number of aromatic nitrogens is 3. The fraction of sp³-hybridized carbons (Fsp3) is 0.667. The van der Waals surface area contributed by atoms with Crippen LogP contribution in [0.3, 0.4) is 0 Å². The lowest BCUT2D eigenvalue weighted by atomic mass is 9.87. The van der Waals surface area contributed by atoms with E-state index < -0.39 is 5.54 Å². The van der Waals surface area contributed by atoms with E-state index in [0.29, 0.717) is 25.1 Å². The molecule has 2 heterocycles. The van der Waals surface area contributed by atoms with E-state index in [0.717, 1.165) is 0 Å². The van der Waals surface area contributed by atoms with Gasteiger partial charge in [-0.3, -0.25) is 14.3 Å². The summed E-state index contributed by atoms with van der Waals surface area (Å²) in [6.07, 6.45) is 2.93. The van der Waals surface area contributed by atoms with E-state index >= 15 is 0 Å². The highest BCUT2D eigenvalue weighted by atomic mass is 16.2. The van der Waals surface area contributed by atoms with Gasteiger partial charge in [-0.15, -0.1) is 5.10 Å². The Morgan fingerprint density at radius 2 is 2.05 bits per heavy atom. The lowest BCUT2D eigenvalue weighted by Crippen LogP contribution is -2.66. The third-order valence-electron chi connectivity index (χ3n) is 3.78. The van der Waals surface area contributed by atoms with Gasteiger partial charge in [0.1, 0.15) is 11.2 Å². The number of carbonyl (C=O) groups excluding carboxylic acids is 2. The molecule has 0 radical (unpaired) electrons. The zero-order chi connectivity index (χ0) is 14.0. The van der Waals surface area contributed by atoms with Crippen molar-refractivity contribution in [1.29, 1.82) is 0 Å². The molecular weight excluding hydrogens is 246 g/mol. The van der Waals surface area contributed by atoms with Gasteiger partial charge in [-0.05, 0) is 12.8 Å². The predicted octanol–water partition coefficient (Wildman–Crippen LogP) is -0.168. The van der Waals surface area contributed by atoms with Gasteiger partial charge in [0.25, 0.3) is 0 Å². The average Bonchev–Trinajstić information content (AvgIpc) is 2.81. The number of carbonyl (C=O) groups is 2. The van der Waals surface area contributed by atoms with Gasteiger partial charge in [0, 0.05) is 13.2 Å². The van der Waals surface area contributed by atoms with E-state index in [9.17, 15) is 9.59 Å². The van der Waals surface area contributed by atoms with Crippen LogP contribution in [0.1, 0.15) is 32.4 Å². The summed E-state index contributed by atoms with van der Waals surface area (Å²) in [4.78, 5) is 26.0. The van der Waals surface area contributed by atoms with E-state index in [-0.39, 0.29) is 18.4 Å². The number of nitrogens with one attached hydrogen (secondary N) is 1. The topological polar surface area (TPSA) is 80.1 Å². The van der Waals surface area contributed by atoms with Crippen LogP contribution in [0.2, 0.25) is 0 Å². The van der Waals surface area contributed by atoms with Gasteiger partial charge in [-0.1, -0.05) is 19.1 Å². The molecule has 1 aromatic rings. The normalized spacial score (nSPS) is 18.6. The molecule has 1 aliphatic rings. The van der Waals surface area contributed by atoms with Crippen molar-refractivity contribution in [2.45, 2.75) is 38.8 Å². The lowest BCUT2D eigenvalue weighted by molar-refractivity contribution is -0.155. The Balaban J connectivity index is 2.31. The number of hydrogen-bond donors (Lipinski definition) is 1. The monoisotopic (exact) mass is 265 g/mol. The molecule has 0 spiro atoms. The van der Waals surface area contributed by atoms with Crippen LogP contribution in [0.5, 0.6) is 0 Å². The van der Waals surface area contributed by atoms with Gasteiger partial charge in [0.15, 0.2) is 0 Å². The molecule has 2 rings (SSSR count). The molecule has 1 fully saturated rings. The van der Waals surface area contributed by atoms with Gasteiger partial charge in [0.05, 0.1) is 13.1 Å². The van der Waals surface area contributed by atoms with Crippen LogP contribution in [0.15, 0.2) is 6.20 Å². The zero-order valence-corrected chi connectivity index (χ0v) is 11.5. The minimum atomic E-state index is -0.771. The second-order valence-electron chi connectivity index (χ2n) is 4.78. The fourth-order valence-electron chi connectivity index (χ4n) is 2.60. The first-order valence-corrected chi connectivity index (χ1v) is 6.47. The molecule has 0 unspecified atom stereocenters. The maximum Gasteiger partial charge on any atom is 0.246 e. The van der Waals surface area contributed by atoms with Crippen LogP contribution in [0, 0.1) is 0 Å². The van der Waals surface area contributed by atoms with Gasteiger partial charge in [0.2, 0.25) is 11.8 Å². The van der Waals surface area contributed by atoms with Crippen LogP contribution in [-0.4, -0.2) is 43.8 Å². The highest BCUT2D eigenvalue weighted by Gasteiger charge is 2.46. The first kappa shape index (κ1) is 13.5. The van der Waals surface area contributed by atoms with Crippen LogP contribution >= 0.6 is 0 Å². The Morgan fingerprint density at radius 3 is 2.58 bits per heavy atom. The van der Waals surface area contributed by atoms with Crippen LogP contribution in [-0.2, 0) is 23.2 Å². The van der Waals surface area contributed by atoms with E-state index in [1.54, 1.807) is 22.8 Å². The molecule has 19 heavy (non-hydrogen) atoms. The molecule has 1 N–H and O–H groups in total. The van der Waals surface area contributed by atoms with Crippen molar-refractivity contribution >= 4 is 11.8 Å². The van der Waals surface area contributed by atoms with Crippen molar-refractivity contribution in [3.05, 3.63) is 11.9 Å². The minimum Gasteiger partial charge on any atom is -0.345 e. The third-order valence-corrected chi connectivity index (χ3v) is 3.78. The Kier molecular flexibility index (Phi) is 3.55. The Bertz CT molecular complexity index is 492. The van der Waals surface area contributed by atoms with Crippen LogP contribution in [0.25, 0.3) is 0 Å². The predicted molar refractivity (Wildman–Crippen MR) is 67.9 cm³/mol. The van der Waals surface area contributed by atoms with Gasteiger partial charge in [-0.2, -0.15) is 0 Å². The number of piperazine rings is 1. The van der Waals surface area contributed by atoms with E-state index in [2.05, 4.69) is 15.6 Å². The molecule has 104 valence electrons. The fourth-order valence-corrected chi connectivity index (χ4v) is 2.60. The van der Waals surface area contributed by atoms with Crippen molar-refractivity contribution < 1.29 is 9.59 Å². The smallest absolute Gasteiger partial charge is 0.246 e. The molecule has 0 bridgehead atoms. The minimum absolute atomic E-state index is 0.0564. The highest BCUT2D eigenvalue weighted by Crippen LogP contribution is 2.28. The highest BCUT2D eigenvalue weighted by molar-refractivity contribution is 5.97. The second kappa shape index (κ2) is 4.99. The molecule has 0 atom stereocenters. The summed E-state index contributed by atoms with van der Waals surface area (Å²) >= 11 is 0. The Labute approximate surface area is 112 Å². The summed E-state index contributed by atoms with van der Waals surface area (Å²) in [6, 6.07) is 0. The first-order chi connectivity index (χ1) is 9.03. The molecule has 1 aliphatic heterocycles. The molecular formula is C12H19N5O2. The number of amides is 2. The van der Waals surface area contributed by atoms with Crippen molar-refractivity contribution in [3.8, 4) is 0 Å². The standard InChI is InChI=1S/C12H19N5O2/c1-4-12(5-2)11(19)13-6-10(18)17(12)8-9-7-16(3)15-14-9/h7H,4-6,8H2,1-3H3,(H,13,19). The van der Waals surface area contributed by atoms with Gasteiger partial charge < -0.3 is 10.2 Å². The Hall–Kier alpha value is -1.92. The first-order valence-electron chi connectivity index (χ1n) is 6.47. The summed E-state index contributed by atoms with van der Waals surface area (Å²) in [5.41, 5.74) is -0.0795. The van der Waals surface area contributed by atoms with Crippen LogP contribution < -0.4 is 5.32 Å². The van der Waals surface area contributed by atoms with E-state index in [1.165, 1.54) is 0 Å². The van der Waals surface area contributed by atoms with Gasteiger partial charge in [-0.25, -0.2) is 0 Å². The number of rotatable bonds is 4. The summed E-state index contributed by atoms with van der Waals surface area (Å²) in [5.74, 6) is -0.157. The van der Waals surface area contributed by atoms with Crippen molar-refractivity contribution in [3.63, 3.8) is 0 Å². The summed E-state index contributed by atoms with van der Waals surface area (Å²) in [5, 5.41) is 10.5. The van der Waals surface area contributed by atoms with Crippen molar-refractivity contribution in [1.82, 2.24) is 25.2 Å². The maximum atomic E-state index is 12.2. The largest absolute Gasteiger partial charge is 0.345 e. The lowest BCUT2D eigenvalue weighted by Gasteiger charge is -2.44. The summed E-state index contributed by atoms with van der Waals surface area (Å²) < 4.78 is 1.59. The summed E-state index contributed by atoms with van der Waals surface area (Å²) in [7, 11) is 1.77. The quantitative estimate of drug-likeness (QED) is 0.820. The van der Waals surface area contributed by atoms with E-state index in [1.807, 2.05) is 13.8 Å². The van der Waals surface area contributed by atoms with Crippen LogP contribution in [0.4, 0.5) is 0 Å². The molecule has 7 nitrogen and oxygen atoms in total. The molecule has 0 aliphatic carbocycles. The average molecular weight is 265 g/mol. The van der Waals surface area contributed by atoms with Crippen molar-refractivity contribution in [2.24, 2.45) is 7.05 Å². The van der Waals surface area contributed by atoms with Crippen molar-refractivity contribution in [2.75, 3.05) is 6.54 Å². The zero-order valence-electron chi connectivity index (χ0n) is 11.5. The second-order valence-corrected chi connectivity index (χ2v) is 4.78. The third kappa shape index (κ3) is 2.20. The maximum absolute atomic E-state index is 12.2. The number of hydrogen-bond acceptors (Lipinski definition) is 4. The van der Waals surface area contributed by atoms with E-state index in [4.69, 9.17) is 0 Å². The van der Waals surface area contributed by atoms with Gasteiger partial charge >= 0.3 is 0 Å². The summed E-state index contributed by atoms with van der Waals surface area (Å²) in [6.45, 7) is 4.22. The molecule has 1 aromatic heterocycles. The molecule has 1 saturated heterocycles. The molecule has 0 saturated carbocycles. The number of aryl methyl sites for hydroxylation is 1.